The summed E-state index contributed by atoms with van der Waals surface area (Å²) in [5.41, 5.74) is 1.35. The third-order valence-electron chi connectivity index (χ3n) is 3.49. The van der Waals surface area contributed by atoms with Gasteiger partial charge in [0.25, 0.3) is 0 Å². The Morgan fingerprint density at radius 1 is 1.00 bits per heavy atom. The summed E-state index contributed by atoms with van der Waals surface area (Å²) in [5, 5.41) is 15.4. The van der Waals surface area contributed by atoms with Crippen LogP contribution in [0.2, 0.25) is 5.02 Å². The van der Waals surface area contributed by atoms with Crippen LogP contribution in [0.3, 0.4) is 0 Å². The fourth-order valence-corrected chi connectivity index (χ4v) is 2.43. The SMILES string of the molecule is OCCNCCNCc1ccccc1OCc1c(F)cccc1Cl. The highest BCUT2D eigenvalue weighted by atomic mass is 35.5. The average Bonchev–Trinajstić information content (AvgIpc) is 2.58. The van der Waals surface area contributed by atoms with Gasteiger partial charge >= 0.3 is 0 Å². The van der Waals surface area contributed by atoms with Gasteiger partial charge in [0.05, 0.1) is 11.6 Å². The van der Waals surface area contributed by atoms with Crippen molar-refractivity contribution in [1.82, 2.24) is 10.6 Å². The van der Waals surface area contributed by atoms with Crippen molar-refractivity contribution in [2.75, 3.05) is 26.2 Å². The van der Waals surface area contributed by atoms with Crippen LogP contribution in [-0.4, -0.2) is 31.3 Å². The molecule has 2 rings (SSSR count). The minimum absolute atomic E-state index is 0.0839. The molecule has 0 saturated heterocycles. The maximum Gasteiger partial charge on any atom is 0.131 e. The standard InChI is InChI=1S/C18H22ClFN2O2/c19-16-5-3-6-17(20)15(16)13-24-18-7-2-1-4-14(18)12-22-9-8-21-10-11-23/h1-7,21-23H,8-13H2. The largest absolute Gasteiger partial charge is 0.488 e. The zero-order chi connectivity index (χ0) is 17.2. The van der Waals surface area contributed by atoms with Crippen molar-refractivity contribution in [3.05, 3.63) is 64.4 Å². The van der Waals surface area contributed by atoms with Crippen LogP contribution in [0.4, 0.5) is 4.39 Å². The lowest BCUT2D eigenvalue weighted by Gasteiger charge is -2.13. The number of hydrogen-bond acceptors (Lipinski definition) is 4. The molecule has 130 valence electrons. The van der Waals surface area contributed by atoms with Crippen molar-refractivity contribution in [1.29, 1.82) is 0 Å². The maximum absolute atomic E-state index is 13.8. The van der Waals surface area contributed by atoms with E-state index < -0.39 is 0 Å². The van der Waals surface area contributed by atoms with E-state index in [4.69, 9.17) is 21.4 Å². The Balaban J connectivity index is 1.89. The summed E-state index contributed by atoms with van der Waals surface area (Å²) >= 11 is 6.02. The molecule has 0 unspecified atom stereocenters. The van der Waals surface area contributed by atoms with Crippen molar-refractivity contribution < 1.29 is 14.2 Å². The van der Waals surface area contributed by atoms with Gasteiger partial charge in [-0.3, -0.25) is 0 Å². The first kappa shape index (κ1) is 18.7. The fraction of sp³-hybridized carbons (Fsp3) is 0.333. The van der Waals surface area contributed by atoms with Crippen LogP contribution in [0.1, 0.15) is 11.1 Å². The highest BCUT2D eigenvalue weighted by Crippen LogP contribution is 2.23. The normalized spacial score (nSPS) is 10.8. The molecule has 0 fully saturated rings. The van der Waals surface area contributed by atoms with E-state index in [1.807, 2.05) is 24.3 Å². The zero-order valence-electron chi connectivity index (χ0n) is 13.4. The van der Waals surface area contributed by atoms with Crippen LogP contribution in [-0.2, 0) is 13.2 Å². The molecule has 0 aliphatic rings. The average molecular weight is 353 g/mol. The molecule has 4 nitrogen and oxygen atoms in total. The smallest absolute Gasteiger partial charge is 0.131 e. The number of halogens is 2. The van der Waals surface area contributed by atoms with Gasteiger partial charge < -0.3 is 20.5 Å². The lowest BCUT2D eigenvalue weighted by Crippen LogP contribution is -2.28. The number of ether oxygens (including phenoxy) is 1. The van der Waals surface area contributed by atoms with E-state index in [1.54, 1.807) is 12.1 Å². The van der Waals surface area contributed by atoms with Crippen LogP contribution in [0.5, 0.6) is 5.75 Å². The number of benzene rings is 2. The highest BCUT2D eigenvalue weighted by Gasteiger charge is 2.09. The second kappa shape index (κ2) is 10.3. The number of aliphatic hydroxyl groups excluding tert-OH is 1. The van der Waals surface area contributed by atoms with Gasteiger partial charge in [0.15, 0.2) is 0 Å². The Kier molecular flexibility index (Phi) is 7.98. The topological polar surface area (TPSA) is 53.5 Å². The van der Waals surface area contributed by atoms with Crippen LogP contribution in [0, 0.1) is 5.82 Å². The van der Waals surface area contributed by atoms with Crippen LogP contribution < -0.4 is 15.4 Å². The number of para-hydroxylation sites is 1. The van der Waals surface area contributed by atoms with Crippen molar-refractivity contribution in [3.8, 4) is 5.75 Å². The summed E-state index contributed by atoms with van der Waals surface area (Å²) in [4.78, 5) is 0. The summed E-state index contributed by atoms with van der Waals surface area (Å²) in [5.74, 6) is 0.334. The predicted octanol–water partition coefficient (Wildman–Crippen LogP) is 2.73. The number of rotatable bonds is 10. The lowest BCUT2D eigenvalue weighted by atomic mass is 10.2. The van der Waals surface area contributed by atoms with Crippen molar-refractivity contribution in [3.63, 3.8) is 0 Å². The Labute approximate surface area is 146 Å². The van der Waals surface area contributed by atoms with Gasteiger partial charge in [-0.2, -0.15) is 0 Å². The van der Waals surface area contributed by atoms with Gasteiger partial charge in [0, 0.05) is 37.3 Å². The highest BCUT2D eigenvalue weighted by molar-refractivity contribution is 6.31. The molecule has 0 aliphatic heterocycles. The second-order valence-corrected chi connectivity index (χ2v) is 5.65. The number of hydrogen-bond donors (Lipinski definition) is 3. The van der Waals surface area contributed by atoms with Gasteiger partial charge in [-0.25, -0.2) is 4.39 Å². The summed E-state index contributed by atoms with van der Waals surface area (Å²) in [6, 6.07) is 12.2. The molecule has 0 bridgehead atoms. The molecular weight excluding hydrogens is 331 g/mol. The summed E-state index contributed by atoms with van der Waals surface area (Å²) in [6.45, 7) is 2.99. The van der Waals surface area contributed by atoms with Gasteiger partial charge in [-0.05, 0) is 18.2 Å². The van der Waals surface area contributed by atoms with E-state index in [1.165, 1.54) is 6.07 Å². The summed E-state index contributed by atoms with van der Waals surface area (Å²) in [6.07, 6.45) is 0. The second-order valence-electron chi connectivity index (χ2n) is 5.25. The molecule has 0 radical (unpaired) electrons. The summed E-state index contributed by atoms with van der Waals surface area (Å²) < 4.78 is 19.6. The van der Waals surface area contributed by atoms with Crippen molar-refractivity contribution >= 4 is 11.6 Å². The minimum Gasteiger partial charge on any atom is -0.488 e. The van der Waals surface area contributed by atoms with E-state index in [0.29, 0.717) is 29.4 Å². The Bertz CT molecular complexity index is 620. The third-order valence-corrected chi connectivity index (χ3v) is 3.84. The van der Waals surface area contributed by atoms with E-state index in [9.17, 15) is 4.39 Å². The molecule has 2 aromatic carbocycles. The van der Waals surface area contributed by atoms with Crippen LogP contribution >= 0.6 is 11.6 Å². The Morgan fingerprint density at radius 2 is 1.79 bits per heavy atom. The van der Waals surface area contributed by atoms with Crippen LogP contribution in [0.25, 0.3) is 0 Å². The van der Waals surface area contributed by atoms with Crippen molar-refractivity contribution in [2.45, 2.75) is 13.2 Å². The third kappa shape index (κ3) is 5.76. The molecule has 0 saturated carbocycles. The van der Waals surface area contributed by atoms with Crippen molar-refractivity contribution in [2.24, 2.45) is 0 Å². The van der Waals surface area contributed by atoms with Gasteiger partial charge in [-0.15, -0.1) is 0 Å². The first-order valence-electron chi connectivity index (χ1n) is 7.88. The minimum atomic E-state index is -0.368. The van der Waals surface area contributed by atoms with E-state index in [0.717, 1.165) is 18.7 Å². The molecular formula is C18H22ClFN2O2. The van der Waals surface area contributed by atoms with E-state index >= 15 is 0 Å². The fourth-order valence-electron chi connectivity index (χ4n) is 2.21. The quantitative estimate of drug-likeness (QED) is 0.575. The molecule has 0 heterocycles. The Hall–Kier alpha value is -1.66. The number of nitrogens with one attached hydrogen (secondary N) is 2. The molecule has 6 heteroatoms. The molecule has 0 atom stereocenters. The van der Waals surface area contributed by atoms with Crippen LogP contribution in [0.15, 0.2) is 42.5 Å². The molecule has 0 aromatic heterocycles. The number of aliphatic hydroxyl groups is 1. The molecule has 24 heavy (non-hydrogen) atoms. The van der Waals surface area contributed by atoms with Gasteiger partial charge in [-0.1, -0.05) is 35.9 Å². The van der Waals surface area contributed by atoms with Gasteiger partial charge in [0.2, 0.25) is 0 Å². The monoisotopic (exact) mass is 352 g/mol. The van der Waals surface area contributed by atoms with E-state index in [2.05, 4.69) is 10.6 Å². The van der Waals surface area contributed by atoms with Gasteiger partial charge in [0.1, 0.15) is 18.2 Å². The Morgan fingerprint density at radius 3 is 2.58 bits per heavy atom. The summed E-state index contributed by atoms with van der Waals surface area (Å²) in [7, 11) is 0. The maximum atomic E-state index is 13.8. The molecule has 0 aliphatic carbocycles. The molecule has 0 spiro atoms. The lowest BCUT2D eigenvalue weighted by molar-refractivity contribution is 0.292. The molecule has 0 amide bonds. The first-order valence-corrected chi connectivity index (χ1v) is 8.26. The molecule has 3 N–H and O–H groups in total. The molecule has 2 aromatic rings. The predicted molar refractivity (Wildman–Crippen MR) is 93.8 cm³/mol. The van der Waals surface area contributed by atoms with E-state index in [-0.39, 0.29) is 19.0 Å². The zero-order valence-corrected chi connectivity index (χ0v) is 14.2. The first-order chi connectivity index (χ1) is 11.7.